The van der Waals surface area contributed by atoms with Crippen molar-refractivity contribution in [3.8, 4) is 0 Å². The number of thiazole rings is 1. The number of rotatable bonds is 5. The maximum Gasteiger partial charge on any atom is 0.315 e. The molecule has 0 aliphatic heterocycles. The summed E-state index contributed by atoms with van der Waals surface area (Å²) in [5, 5.41) is 16.0. The molecule has 0 aromatic carbocycles. The predicted octanol–water partition coefficient (Wildman–Crippen LogP) is 1.72. The first-order chi connectivity index (χ1) is 8.94. The summed E-state index contributed by atoms with van der Waals surface area (Å²) in [6.07, 6.45) is 2.14. The van der Waals surface area contributed by atoms with Crippen molar-refractivity contribution in [3.63, 3.8) is 0 Å². The van der Waals surface area contributed by atoms with Gasteiger partial charge in [0.1, 0.15) is 5.01 Å². The standard InChI is InChI=1S/C13H21N3O2S/c1-8-9(2)19-11(15-8)6-14-12(18)16-13(3,7-17)10-4-5-10/h10,17H,4-7H2,1-3H3,(H2,14,16,18). The molecule has 1 heterocycles. The van der Waals surface area contributed by atoms with Gasteiger partial charge < -0.3 is 15.7 Å². The van der Waals surface area contributed by atoms with Gasteiger partial charge in [-0.1, -0.05) is 0 Å². The van der Waals surface area contributed by atoms with Gasteiger partial charge in [-0.05, 0) is 39.5 Å². The second-order valence-electron chi connectivity index (χ2n) is 5.41. The van der Waals surface area contributed by atoms with Crippen molar-refractivity contribution in [2.75, 3.05) is 6.61 Å². The molecular formula is C13H21N3O2S. The minimum absolute atomic E-state index is 0.0272. The molecule has 106 valence electrons. The Hall–Kier alpha value is -1.14. The fourth-order valence-corrected chi connectivity index (χ4v) is 2.94. The highest BCUT2D eigenvalue weighted by molar-refractivity contribution is 7.11. The number of carbonyl (C=O) groups excluding carboxylic acids is 1. The second kappa shape index (κ2) is 5.46. The fraction of sp³-hybridized carbons (Fsp3) is 0.692. The summed E-state index contributed by atoms with van der Waals surface area (Å²) in [5.41, 5.74) is 0.513. The number of nitrogens with zero attached hydrogens (tertiary/aromatic N) is 1. The molecule has 1 aromatic rings. The van der Waals surface area contributed by atoms with E-state index in [-0.39, 0.29) is 12.6 Å². The predicted molar refractivity (Wildman–Crippen MR) is 75.2 cm³/mol. The highest BCUT2D eigenvalue weighted by Crippen LogP contribution is 2.39. The lowest BCUT2D eigenvalue weighted by molar-refractivity contribution is 0.155. The van der Waals surface area contributed by atoms with Crippen LogP contribution in [0.1, 0.15) is 35.3 Å². The zero-order valence-corrected chi connectivity index (χ0v) is 12.4. The number of hydrogen-bond acceptors (Lipinski definition) is 4. The van der Waals surface area contributed by atoms with Crippen molar-refractivity contribution in [3.05, 3.63) is 15.6 Å². The molecule has 1 saturated carbocycles. The molecule has 5 nitrogen and oxygen atoms in total. The number of aliphatic hydroxyl groups is 1. The molecule has 0 radical (unpaired) electrons. The summed E-state index contributed by atoms with van der Waals surface area (Å²) < 4.78 is 0. The van der Waals surface area contributed by atoms with Crippen LogP contribution in [0, 0.1) is 19.8 Å². The number of urea groups is 1. The van der Waals surface area contributed by atoms with Crippen LogP contribution >= 0.6 is 11.3 Å². The van der Waals surface area contributed by atoms with Crippen LogP contribution in [0.5, 0.6) is 0 Å². The SMILES string of the molecule is Cc1nc(CNC(=O)NC(C)(CO)C2CC2)sc1C. The van der Waals surface area contributed by atoms with E-state index in [9.17, 15) is 9.90 Å². The molecule has 1 unspecified atom stereocenters. The lowest BCUT2D eigenvalue weighted by Crippen LogP contribution is -2.53. The van der Waals surface area contributed by atoms with Crippen molar-refractivity contribution < 1.29 is 9.90 Å². The summed E-state index contributed by atoms with van der Waals surface area (Å²) in [6, 6.07) is -0.242. The Morgan fingerprint density at radius 1 is 1.53 bits per heavy atom. The third kappa shape index (κ3) is 3.45. The number of carbonyl (C=O) groups is 1. The Kier molecular flexibility index (Phi) is 4.10. The van der Waals surface area contributed by atoms with E-state index in [0.29, 0.717) is 12.5 Å². The van der Waals surface area contributed by atoms with E-state index >= 15 is 0 Å². The average Bonchev–Trinajstić information content (AvgIpc) is 3.16. The molecule has 1 atom stereocenters. The highest BCUT2D eigenvalue weighted by Gasteiger charge is 2.42. The topological polar surface area (TPSA) is 74.2 Å². The Morgan fingerprint density at radius 3 is 2.68 bits per heavy atom. The Morgan fingerprint density at radius 2 is 2.21 bits per heavy atom. The van der Waals surface area contributed by atoms with Crippen molar-refractivity contribution in [1.29, 1.82) is 0 Å². The number of aryl methyl sites for hydroxylation is 2. The molecule has 6 heteroatoms. The summed E-state index contributed by atoms with van der Waals surface area (Å²) in [4.78, 5) is 17.4. The monoisotopic (exact) mass is 283 g/mol. The van der Waals surface area contributed by atoms with Crippen LogP contribution in [-0.2, 0) is 6.54 Å². The van der Waals surface area contributed by atoms with Crippen LogP contribution in [0.15, 0.2) is 0 Å². The quantitative estimate of drug-likeness (QED) is 0.770. The summed E-state index contributed by atoms with van der Waals surface area (Å²) in [5.74, 6) is 0.396. The largest absolute Gasteiger partial charge is 0.394 e. The van der Waals surface area contributed by atoms with Crippen LogP contribution in [0.25, 0.3) is 0 Å². The van der Waals surface area contributed by atoms with Crippen LogP contribution in [0.2, 0.25) is 0 Å². The number of amides is 2. The van der Waals surface area contributed by atoms with E-state index in [2.05, 4.69) is 15.6 Å². The lowest BCUT2D eigenvalue weighted by atomic mass is 9.97. The van der Waals surface area contributed by atoms with Crippen LogP contribution in [0.4, 0.5) is 4.79 Å². The van der Waals surface area contributed by atoms with Crippen molar-refractivity contribution in [1.82, 2.24) is 15.6 Å². The number of aliphatic hydroxyl groups excluding tert-OH is 1. The molecule has 1 aromatic heterocycles. The second-order valence-corrected chi connectivity index (χ2v) is 6.69. The zero-order valence-electron chi connectivity index (χ0n) is 11.6. The highest BCUT2D eigenvalue weighted by atomic mass is 32.1. The van der Waals surface area contributed by atoms with E-state index in [1.54, 1.807) is 11.3 Å². The average molecular weight is 283 g/mol. The molecule has 2 amide bonds. The molecule has 1 aliphatic carbocycles. The molecule has 0 saturated heterocycles. The van der Waals surface area contributed by atoms with E-state index in [1.807, 2.05) is 20.8 Å². The first-order valence-corrected chi connectivity index (χ1v) is 7.36. The molecule has 0 spiro atoms. The van der Waals surface area contributed by atoms with E-state index in [1.165, 1.54) is 4.88 Å². The summed E-state index contributed by atoms with van der Waals surface area (Å²) >= 11 is 1.60. The van der Waals surface area contributed by atoms with Crippen molar-refractivity contribution in [2.45, 2.75) is 45.7 Å². The zero-order chi connectivity index (χ0) is 14.0. The molecule has 1 aliphatic rings. The first-order valence-electron chi connectivity index (χ1n) is 6.54. The van der Waals surface area contributed by atoms with Crippen molar-refractivity contribution >= 4 is 17.4 Å². The minimum Gasteiger partial charge on any atom is -0.394 e. The molecule has 3 N–H and O–H groups in total. The van der Waals surface area contributed by atoms with Gasteiger partial charge in [0.2, 0.25) is 0 Å². The molecule has 19 heavy (non-hydrogen) atoms. The number of aromatic nitrogens is 1. The van der Waals surface area contributed by atoms with Crippen LogP contribution in [-0.4, -0.2) is 28.3 Å². The van der Waals surface area contributed by atoms with Gasteiger partial charge in [0, 0.05) is 4.88 Å². The third-order valence-electron chi connectivity index (χ3n) is 3.68. The van der Waals surface area contributed by atoms with E-state index in [0.717, 1.165) is 23.5 Å². The normalized spacial score (nSPS) is 17.9. The van der Waals surface area contributed by atoms with Gasteiger partial charge in [-0.15, -0.1) is 11.3 Å². The van der Waals surface area contributed by atoms with Gasteiger partial charge in [0.15, 0.2) is 0 Å². The molecule has 2 rings (SSSR count). The van der Waals surface area contributed by atoms with Gasteiger partial charge >= 0.3 is 6.03 Å². The Labute approximate surface area is 117 Å². The molecule has 0 bridgehead atoms. The number of hydrogen-bond donors (Lipinski definition) is 3. The third-order valence-corrected chi connectivity index (χ3v) is 4.75. The maximum absolute atomic E-state index is 11.9. The maximum atomic E-state index is 11.9. The van der Waals surface area contributed by atoms with Gasteiger partial charge in [0.05, 0.1) is 24.4 Å². The Bertz CT molecular complexity index is 451. The fourth-order valence-electron chi connectivity index (χ4n) is 2.07. The van der Waals surface area contributed by atoms with Gasteiger partial charge in [-0.3, -0.25) is 0 Å². The first kappa shape index (κ1) is 14.3. The molecular weight excluding hydrogens is 262 g/mol. The number of nitrogens with one attached hydrogen (secondary N) is 2. The van der Waals surface area contributed by atoms with Gasteiger partial charge in [0.25, 0.3) is 0 Å². The van der Waals surface area contributed by atoms with Crippen LogP contribution < -0.4 is 10.6 Å². The smallest absolute Gasteiger partial charge is 0.315 e. The van der Waals surface area contributed by atoms with E-state index < -0.39 is 5.54 Å². The van der Waals surface area contributed by atoms with E-state index in [4.69, 9.17) is 0 Å². The van der Waals surface area contributed by atoms with Crippen LogP contribution in [0.3, 0.4) is 0 Å². The Balaban J connectivity index is 1.84. The van der Waals surface area contributed by atoms with Crippen molar-refractivity contribution in [2.24, 2.45) is 5.92 Å². The van der Waals surface area contributed by atoms with Gasteiger partial charge in [-0.2, -0.15) is 0 Å². The molecule has 1 fully saturated rings. The van der Waals surface area contributed by atoms with Gasteiger partial charge in [-0.25, -0.2) is 9.78 Å². The summed E-state index contributed by atoms with van der Waals surface area (Å²) in [6.45, 7) is 6.28. The lowest BCUT2D eigenvalue weighted by Gasteiger charge is -2.28. The summed E-state index contributed by atoms with van der Waals surface area (Å²) in [7, 11) is 0. The minimum atomic E-state index is -0.501.